The summed E-state index contributed by atoms with van der Waals surface area (Å²) < 4.78 is 1.91. The Balaban J connectivity index is 1.99. The summed E-state index contributed by atoms with van der Waals surface area (Å²) in [6.45, 7) is 2.81. The van der Waals surface area contributed by atoms with Gasteiger partial charge in [0.25, 0.3) is 0 Å². The first-order valence-corrected chi connectivity index (χ1v) is 7.22. The van der Waals surface area contributed by atoms with Gasteiger partial charge in [0.15, 0.2) is 12.5 Å². The van der Waals surface area contributed by atoms with Gasteiger partial charge in [-0.2, -0.15) is 0 Å². The number of fused-ring (bicyclic) bond motifs is 1. The van der Waals surface area contributed by atoms with Gasteiger partial charge in [0.1, 0.15) is 0 Å². The Bertz CT molecular complexity index is 600. The molecule has 0 spiro atoms. The Morgan fingerprint density at radius 3 is 2.90 bits per heavy atom. The van der Waals surface area contributed by atoms with Gasteiger partial charge in [-0.25, -0.2) is 4.98 Å². The highest BCUT2D eigenvalue weighted by Crippen LogP contribution is 2.34. The minimum absolute atomic E-state index is 0.705. The Labute approximate surface area is 123 Å². The molecular formula is C15H20N4O2. The molecule has 112 valence electrons. The lowest BCUT2D eigenvalue weighted by Crippen LogP contribution is -2.51. The number of nitrogens with zero attached hydrogens (tertiary/aromatic N) is 3. The Morgan fingerprint density at radius 1 is 1.33 bits per heavy atom. The van der Waals surface area contributed by atoms with Gasteiger partial charge in [-0.15, -0.1) is 0 Å². The molecule has 1 aliphatic rings. The van der Waals surface area contributed by atoms with Crippen molar-refractivity contribution >= 4 is 11.4 Å². The van der Waals surface area contributed by atoms with Gasteiger partial charge in [0.05, 0.1) is 17.7 Å². The van der Waals surface area contributed by atoms with Crippen LogP contribution in [0.5, 0.6) is 0 Å². The van der Waals surface area contributed by atoms with Gasteiger partial charge in [-0.05, 0) is 24.6 Å². The highest BCUT2D eigenvalue weighted by Gasteiger charge is 2.31. The molecule has 0 radical (unpaired) electrons. The topological polar surface area (TPSA) is 73.6 Å². The van der Waals surface area contributed by atoms with Crippen LogP contribution in [-0.4, -0.2) is 38.8 Å². The van der Waals surface area contributed by atoms with Crippen LogP contribution in [0.15, 0.2) is 36.9 Å². The standard InChI is InChI=1S/C15H20N4O2/c1-2-3-7-19-13-9-11(18-8-6-16-10-18)4-5-12(13)17-14(20)15(19)21/h4-6,8-10,14-15,17,20-21H,2-3,7H2,1H3. The van der Waals surface area contributed by atoms with Crippen LogP contribution in [0.4, 0.5) is 11.4 Å². The maximum atomic E-state index is 10.2. The van der Waals surface area contributed by atoms with Crippen LogP contribution in [0, 0.1) is 0 Å². The summed E-state index contributed by atoms with van der Waals surface area (Å²) in [5, 5.41) is 23.1. The molecule has 1 aliphatic heterocycles. The number of anilines is 2. The zero-order chi connectivity index (χ0) is 14.8. The second-order valence-electron chi connectivity index (χ2n) is 5.22. The zero-order valence-electron chi connectivity index (χ0n) is 12.0. The minimum Gasteiger partial charge on any atom is -0.369 e. The van der Waals surface area contributed by atoms with Crippen LogP contribution in [0.1, 0.15) is 19.8 Å². The monoisotopic (exact) mass is 288 g/mol. The fourth-order valence-electron chi connectivity index (χ4n) is 2.58. The molecule has 21 heavy (non-hydrogen) atoms. The molecule has 0 aliphatic carbocycles. The van der Waals surface area contributed by atoms with E-state index in [1.807, 2.05) is 33.9 Å². The number of rotatable bonds is 4. The van der Waals surface area contributed by atoms with Gasteiger partial charge in [0, 0.05) is 24.6 Å². The number of nitrogens with one attached hydrogen (secondary N) is 1. The molecule has 1 aromatic heterocycles. The van der Waals surface area contributed by atoms with Crippen LogP contribution in [0.2, 0.25) is 0 Å². The van der Waals surface area contributed by atoms with E-state index in [9.17, 15) is 10.2 Å². The van der Waals surface area contributed by atoms with E-state index >= 15 is 0 Å². The molecule has 6 heteroatoms. The molecule has 2 aromatic rings. The second kappa shape index (κ2) is 5.75. The fraction of sp³-hybridized carbons (Fsp3) is 0.400. The third-order valence-corrected chi connectivity index (χ3v) is 3.75. The average molecular weight is 288 g/mol. The number of hydrogen-bond donors (Lipinski definition) is 3. The zero-order valence-corrected chi connectivity index (χ0v) is 12.0. The van der Waals surface area contributed by atoms with Crippen molar-refractivity contribution in [2.75, 3.05) is 16.8 Å². The molecule has 3 N–H and O–H groups in total. The van der Waals surface area contributed by atoms with Crippen LogP contribution in [0.25, 0.3) is 5.69 Å². The number of aliphatic hydroxyl groups is 2. The van der Waals surface area contributed by atoms with Crippen LogP contribution < -0.4 is 10.2 Å². The van der Waals surface area contributed by atoms with E-state index in [-0.39, 0.29) is 0 Å². The van der Waals surface area contributed by atoms with E-state index in [4.69, 9.17) is 0 Å². The third kappa shape index (κ3) is 2.59. The highest BCUT2D eigenvalue weighted by atomic mass is 16.4. The largest absolute Gasteiger partial charge is 0.369 e. The molecule has 3 rings (SSSR count). The molecule has 6 nitrogen and oxygen atoms in total. The molecule has 0 saturated heterocycles. The minimum atomic E-state index is -0.978. The number of aliphatic hydroxyl groups excluding tert-OH is 2. The first-order valence-electron chi connectivity index (χ1n) is 7.22. The second-order valence-corrected chi connectivity index (χ2v) is 5.22. The van der Waals surface area contributed by atoms with Crippen molar-refractivity contribution in [3.05, 3.63) is 36.9 Å². The van der Waals surface area contributed by atoms with Crippen molar-refractivity contribution in [1.82, 2.24) is 9.55 Å². The lowest BCUT2D eigenvalue weighted by atomic mass is 10.1. The van der Waals surface area contributed by atoms with Gasteiger partial charge < -0.3 is 25.0 Å². The first-order chi connectivity index (χ1) is 10.2. The van der Waals surface area contributed by atoms with Crippen molar-refractivity contribution in [1.29, 1.82) is 0 Å². The molecule has 2 unspecified atom stereocenters. The maximum absolute atomic E-state index is 10.2. The van der Waals surface area contributed by atoms with Crippen LogP contribution in [0.3, 0.4) is 0 Å². The lowest BCUT2D eigenvalue weighted by molar-refractivity contribution is 0.0311. The van der Waals surface area contributed by atoms with Gasteiger partial charge in [-0.1, -0.05) is 13.3 Å². The summed E-state index contributed by atoms with van der Waals surface area (Å²) in [5.74, 6) is 0. The molecule has 0 fully saturated rings. The Morgan fingerprint density at radius 2 is 2.19 bits per heavy atom. The van der Waals surface area contributed by atoms with Crippen molar-refractivity contribution in [2.45, 2.75) is 32.2 Å². The average Bonchev–Trinajstić information content (AvgIpc) is 3.02. The predicted molar refractivity (Wildman–Crippen MR) is 81.5 cm³/mol. The van der Waals surface area contributed by atoms with Crippen molar-refractivity contribution < 1.29 is 10.2 Å². The van der Waals surface area contributed by atoms with Crippen molar-refractivity contribution in [3.63, 3.8) is 0 Å². The molecule has 0 bridgehead atoms. The summed E-state index contributed by atoms with van der Waals surface area (Å²) in [7, 11) is 0. The summed E-state index contributed by atoms with van der Waals surface area (Å²) in [6, 6.07) is 5.86. The fourth-order valence-corrected chi connectivity index (χ4v) is 2.58. The van der Waals surface area contributed by atoms with Crippen LogP contribution in [-0.2, 0) is 0 Å². The summed E-state index contributed by atoms with van der Waals surface area (Å²) >= 11 is 0. The van der Waals surface area contributed by atoms with Gasteiger partial charge in [0.2, 0.25) is 0 Å². The molecule has 0 saturated carbocycles. The third-order valence-electron chi connectivity index (χ3n) is 3.75. The van der Waals surface area contributed by atoms with Crippen LogP contribution >= 0.6 is 0 Å². The highest BCUT2D eigenvalue weighted by molar-refractivity contribution is 5.75. The van der Waals surface area contributed by atoms with E-state index in [1.165, 1.54) is 0 Å². The lowest BCUT2D eigenvalue weighted by Gasteiger charge is -2.39. The van der Waals surface area contributed by atoms with E-state index in [0.29, 0.717) is 6.54 Å². The Kier molecular flexibility index (Phi) is 3.81. The summed E-state index contributed by atoms with van der Waals surface area (Å²) in [6.07, 6.45) is 5.40. The van der Waals surface area contributed by atoms with Crippen molar-refractivity contribution in [2.24, 2.45) is 0 Å². The number of aromatic nitrogens is 2. The summed E-state index contributed by atoms with van der Waals surface area (Å²) in [4.78, 5) is 5.90. The summed E-state index contributed by atoms with van der Waals surface area (Å²) in [5.41, 5.74) is 2.69. The number of imidazole rings is 1. The van der Waals surface area contributed by atoms with E-state index in [0.717, 1.165) is 29.9 Å². The Hall–Kier alpha value is -2.05. The maximum Gasteiger partial charge on any atom is 0.172 e. The smallest absolute Gasteiger partial charge is 0.172 e. The number of hydrogen-bond acceptors (Lipinski definition) is 5. The SMILES string of the molecule is CCCCN1c2cc(-n3ccnc3)ccc2NC(O)C1O. The van der Waals surface area contributed by atoms with Gasteiger partial charge >= 0.3 is 0 Å². The quantitative estimate of drug-likeness (QED) is 0.796. The van der Waals surface area contributed by atoms with Crippen molar-refractivity contribution in [3.8, 4) is 5.69 Å². The van der Waals surface area contributed by atoms with E-state index in [2.05, 4.69) is 17.2 Å². The molecule has 1 aromatic carbocycles. The normalized spacial score (nSPS) is 21.0. The first kappa shape index (κ1) is 13.9. The molecular weight excluding hydrogens is 268 g/mol. The van der Waals surface area contributed by atoms with E-state index in [1.54, 1.807) is 12.5 Å². The van der Waals surface area contributed by atoms with E-state index < -0.39 is 12.5 Å². The number of unbranched alkanes of at least 4 members (excludes halogenated alkanes) is 1. The molecule has 2 atom stereocenters. The van der Waals surface area contributed by atoms with Gasteiger partial charge in [-0.3, -0.25) is 0 Å². The molecule has 2 heterocycles. The predicted octanol–water partition coefficient (Wildman–Crippen LogP) is 1.54. The number of benzene rings is 1. The molecule has 0 amide bonds.